The highest BCUT2D eigenvalue weighted by Gasteiger charge is 2.20. The highest BCUT2D eigenvalue weighted by atomic mass is 16.5. The van der Waals surface area contributed by atoms with Crippen molar-refractivity contribution in [2.45, 2.75) is 13.3 Å². The zero-order chi connectivity index (χ0) is 10.3. The standard InChI is InChI=1S/C9H15NO3/c1-4-6-10(7-5-2)8(11)9(12)13-3/h4H,1,5-7H2,2-3H3. The maximum Gasteiger partial charge on any atom is 0.396 e. The quantitative estimate of drug-likeness (QED) is 0.366. The minimum atomic E-state index is -0.824. The van der Waals surface area contributed by atoms with Crippen LogP contribution in [0.2, 0.25) is 0 Å². The Morgan fingerprint density at radius 3 is 2.54 bits per heavy atom. The van der Waals surface area contributed by atoms with E-state index in [0.717, 1.165) is 6.42 Å². The van der Waals surface area contributed by atoms with E-state index in [2.05, 4.69) is 11.3 Å². The predicted molar refractivity (Wildman–Crippen MR) is 49.1 cm³/mol. The van der Waals surface area contributed by atoms with E-state index in [-0.39, 0.29) is 0 Å². The molecule has 0 saturated carbocycles. The fourth-order valence-corrected chi connectivity index (χ4v) is 0.918. The van der Waals surface area contributed by atoms with Gasteiger partial charge in [0.25, 0.3) is 0 Å². The van der Waals surface area contributed by atoms with Gasteiger partial charge in [-0.1, -0.05) is 13.0 Å². The van der Waals surface area contributed by atoms with Crippen molar-refractivity contribution in [3.63, 3.8) is 0 Å². The summed E-state index contributed by atoms with van der Waals surface area (Å²) in [7, 11) is 1.19. The minimum absolute atomic E-state index is 0.377. The number of carbonyl (C=O) groups is 2. The molecule has 0 unspecified atom stereocenters. The molecule has 0 bridgehead atoms. The Labute approximate surface area is 78.2 Å². The number of ether oxygens (including phenoxy) is 1. The summed E-state index contributed by atoms with van der Waals surface area (Å²) in [5.74, 6) is -1.43. The first kappa shape index (κ1) is 11.7. The molecular weight excluding hydrogens is 170 g/mol. The van der Waals surface area contributed by atoms with Crippen molar-refractivity contribution in [3.8, 4) is 0 Å². The molecule has 0 aliphatic rings. The highest BCUT2D eigenvalue weighted by molar-refractivity contribution is 6.32. The van der Waals surface area contributed by atoms with E-state index in [4.69, 9.17) is 0 Å². The topological polar surface area (TPSA) is 46.6 Å². The second-order valence-corrected chi connectivity index (χ2v) is 2.53. The Morgan fingerprint density at radius 1 is 1.54 bits per heavy atom. The van der Waals surface area contributed by atoms with Crippen molar-refractivity contribution in [2.24, 2.45) is 0 Å². The van der Waals surface area contributed by atoms with Crippen LogP contribution in [0.3, 0.4) is 0 Å². The Kier molecular flexibility index (Phi) is 5.59. The van der Waals surface area contributed by atoms with Crippen LogP contribution in [-0.4, -0.2) is 37.0 Å². The third-order valence-electron chi connectivity index (χ3n) is 1.49. The molecule has 1 amide bonds. The van der Waals surface area contributed by atoms with Crippen molar-refractivity contribution in [3.05, 3.63) is 12.7 Å². The molecule has 0 fully saturated rings. The van der Waals surface area contributed by atoms with Crippen molar-refractivity contribution in [1.82, 2.24) is 4.90 Å². The van der Waals surface area contributed by atoms with Crippen LogP contribution in [0.25, 0.3) is 0 Å². The van der Waals surface area contributed by atoms with Crippen LogP contribution in [0, 0.1) is 0 Å². The fourth-order valence-electron chi connectivity index (χ4n) is 0.918. The van der Waals surface area contributed by atoms with Gasteiger partial charge >= 0.3 is 11.9 Å². The summed E-state index contributed by atoms with van der Waals surface area (Å²) in [6, 6.07) is 0. The second kappa shape index (κ2) is 6.22. The molecular formula is C9H15NO3. The van der Waals surface area contributed by atoms with Crippen molar-refractivity contribution < 1.29 is 14.3 Å². The first-order valence-electron chi connectivity index (χ1n) is 4.15. The Hall–Kier alpha value is -1.32. The molecule has 13 heavy (non-hydrogen) atoms. The van der Waals surface area contributed by atoms with Gasteiger partial charge in [-0.3, -0.25) is 4.79 Å². The van der Waals surface area contributed by atoms with Gasteiger partial charge in [0.1, 0.15) is 0 Å². The van der Waals surface area contributed by atoms with Gasteiger partial charge < -0.3 is 9.64 Å². The zero-order valence-electron chi connectivity index (χ0n) is 8.08. The molecule has 0 aliphatic carbocycles. The molecule has 4 nitrogen and oxygen atoms in total. The van der Waals surface area contributed by atoms with E-state index in [1.54, 1.807) is 6.08 Å². The number of esters is 1. The monoisotopic (exact) mass is 185 g/mol. The van der Waals surface area contributed by atoms with Crippen LogP contribution in [0.15, 0.2) is 12.7 Å². The van der Waals surface area contributed by atoms with Crippen LogP contribution in [0.4, 0.5) is 0 Å². The van der Waals surface area contributed by atoms with Gasteiger partial charge in [0, 0.05) is 13.1 Å². The van der Waals surface area contributed by atoms with E-state index in [1.165, 1.54) is 12.0 Å². The summed E-state index contributed by atoms with van der Waals surface area (Å²) >= 11 is 0. The zero-order valence-corrected chi connectivity index (χ0v) is 8.08. The summed E-state index contributed by atoms with van der Waals surface area (Å²) in [6.07, 6.45) is 2.38. The van der Waals surface area contributed by atoms with Crippen molar-refractivity contribution in [1.29, 1.82) is 0 Å². The summed E-state index contributed by atoms with van der Waals surface area (Å²) < 4.78 is 4.32. The SMILES string of the molecule is C=CCN(CCC)C(=O)C(=O)OC. The Balaban J connectivity index is 4.26. The average molecular weight is 185 g/mol. The van der Waals surface area contributed by atoms with Gasteiger partial charge in [-0.15, -0.1) is 6.58 Å². The maximum atomic E-state index is 11.3. The van der Waals surface area contributed by atoms with Crippen LogP contribution >= 0.6 is 0 Å². The largest absolute Gasteiger partial charge is 0.462 e. The smallest absolute Gasteiger partial charge is 0.396 e. The number of amides is 1. The molecule has 0 aromatic rings. The highest BCUT2D eigenvalue weighted by Crippen LogP contribution is 1.94. The normalized spacial score (nSPS) is 9.08. The average Bonchev–Trinajstić information content (AvgIpc) is 2.15. The lowest BCUT2D eigenvalue weighted by Crippen LogP contribution is -2.37. The lowest BCUT2D eigenvalue weighted by Gasteiger charge is -2.18. The van der Waals surface area contributed by atoms with Crippen LogP contribution in [-0.2, 0) is 14.3 Å². The van der Waals surface area contributed by atoms with Crippen LogP contribution in [0.1, 0.15) is 13.3 Å². The lowest BCUT2D eigenvalue weighted by atomic mass is 10.4. The van der Waals surface area contributed by atoms with Gasteiger partial charge in [-0.05, 0) is 6.42 Å². The molecule has 0 spiro atoms. The van der Waals surface area contributed by atoms with E-state index < -0.39 is 11.9 Å². The number of hydrogen-bond acceptors (Lipinski definition) is 3. The second-order valence-electron chi connectivity index (χ2n) is 2.53. The first-order valence-corrected chi connectivity index (χ1v) is 4.15. The van der Waals surface area contributed by atoms with Gasteiger partial charge in [0.15, 0.2) is 0 Å². The molecule has 0 N–H and O–H groups in total. The van der Waals surface area contributed by atoms with Gasteiger partial charge in [-0.25, -0.2) is 4.79 Å². The lowest BCUT2D eigenvalue weighted by molar-refractivity contribution is -0.157. The minimum Gasteiger partial charge on any atom is -0.462 e. The molecule has 74 valence electrons. The molecule has 4 heteroatoms. The third kappa shape index (κ3) is 3.73. The van der Waals surface area contributed by atoms with Gasteiger partial charge in [0.2, 0.25) is 0 Å². The number of methoxy groups -OCH3 is 1. The maximum absolute atomic E-state index is 11.3. The van der Waals surface area contributed by atoms with E-state index >= 15 is 0 Å². The van der Waals surface area contributed by atoms with Gasteiger partial charge in [0.05, 0.1) is 7.11 Å². The first-order chi connectivity index (χ1) is 6.17. The van der Waals surface area contributed by atoms with E-state index in [0.29, 0.717) is 13.1 Å². The van der Waals surface area contributed by atoms with E-state index in [9.17, 15) is 9.59 Å². The van der Waals surface area contributed by atoms with Crippen LogP contribution < -0.4 is 0 Å². The van der Waals surface area contributed by atoms with Crippen molar-refractivity contribution in [2.75, 3.05) is 20.2 Å². The number of nitrogens with zero attached hydrogens (tertiary/aromatic N) is 1. The number of rotatable bonds is 4. The Morgan fingerprint density at radius 2 is 2.15 bits per heavy atom. The molecule has 0 aromatic carbocycles. The Bertz CT molecular complexity index is 201. The fraction of sp³-hybridized carbons (Fsp3) is 0.556. The molecule has 0 radical (unpaired) electrons. The molecule has 0 saturated heterocycles. The predicted octanol–water partition coefficient (Wildman–Crippen LogP) is 0.584. The molecule has 0 rings (SSSR count). The summed E-state index contributed by atoms with van der Waals surface area (Å²) in [5, 5.41) is 0. The molecule has 0 aromatic heterocycles. The van der Waals surface area contributed by atoms with E-state index in [1.807, 2.05) is 6.92 Å². The number of hydrogen-bond donors (Lipinski definition) is 0. The summed E-state index contributed by atoms with van der Waals surface area (Å²) in [4.78, 5) is 23.5. The molecule has 0 aliphatic heterocycles. The number of carbonyl (C=O) groups excluding carboxylic acids is 2. The third-order valence-corrected chi connectivity index (χ3v) is 1.49. The van der Waals surface area contributed by atoms with Gasteiger partial charge in [-0.2, -0.15) is 0 Å². The molecule has 0 atom stereocenters. The van der Waals surface area contributed by atoms with Crippen molar-refractivity contribution >= 4 is 11.9 Å². The molecule has 0 heterocycles. The summed E-state index contributed by atoms with van der Waals surface area (Å²) in [5.41, 5.74) is 0. The van der Waals surface area contributed by atoms with Crippen LogP contribution in [0.5, 0.6) is 0 Å². The summed E-state index contributed by atoms with van der Waals surface area (Å²) in [6.45, 7) is 6.35.